The van der Waals surface area contributed by atoms with Crippen LogP contribution in [0.1, 0.15) is 12.0 Å². The summed E-state index contributed by atoms with van der Waals surface area (Å²) in [6.07, 6.45) is 3.06. The summed E-state index contributed by atoms with van der Waals surface area (Å²) in [5.41, 5.74) is 14.1. The van der Waals surface area contributed by atoms with Gasteiger partial charge in [0.15, 0.2) is 11.3 Å². The maximum Gasteiger partial charge on any atom is 0.186 e. The third-order valence-corrected chi connectivity index (χ3v) is 3.78. The second kappa shape index (κ2) is 5.34. The van der Waals surface area contributed by atoms with Crippen LogP contribution in [-0.4, -0.2) is 22.4 Å². The van der Waals surface area contributed by atoms with Crippen LogP contribution >= 0.6 is 0 Å². The van der Waals surface area contributed by atoms with Crippen LogP contribution in [0.15, 0.2) is 35.6 Å². The van der Waals surface area contributed by atoms with Crippen molar-refractivity contribution in [1.82, 2.24) is 14.9 Å². The Kier molecular flexibility index (Phi) is 3.50. The molecule has 0 bridgehead atoms. The number of hydrogen-bond donors (Lipinski definition) is 3. The first-order valence-corrected chi connectivity index (χ1v) is 7.08. The van der Waals surface area contributed by atoms with E-state index in [9.17, 15) is 0 Å². The monoisotopic (exact) mass is 300 g/mol. The van der Waals surface area contributed by atoms with Gasteiger partial charge in [0.2, 0.25) is 0 Å². The fourth-order valence-electron chi connectivity index (χ4n) is 2.57. The topological polar surface area (TPSA) is 103 Å². The summed E-state index contributed by atoms with van der Waals surface area (Å²) >= 11 is 0. The smallest absolute Gasteiger partial charge is 0.186 e. The van der Waals surface area contributed by atoms with Crippen LogP contribution in [-0.2, 0) is 13.5 Å². The number of ether oxygens (including phenoxy) is 1. The molecular formula is C15H20N6O. The predicted octanol–water partition coefficient (Wildman–Crippen LogP) is -1.08. The Bertz CT molecular complexity index is 794. The van der Waals surface area contributed by atoms with E-state index in [0.29, 0.717) is 17.7 Å². The molecule has 1 atom stereocenters. The second-order valence-electron chi connectivity index (χ2n) is 5.45. The van der Waals surface area contributed by atoms with E-state index >= 15 is 0 Å². The predicted molar refractivity (Wildman–Crippen MR) is 83.0 cm³/mol. The molecule has 7 nitrogen and oxygen atoms in total. The molecule has 116 valence electrons. The van der Waals surface area contributed by atoms with Crippen LogP contribution in [0, 0.1) is 0 Å². The highest BCUT2D eigenvalue weighted by Crippen LogP contribution is 2.16. The van der Waals surface area contributed by atoms with Gasteiger partial charge in [-0.2, -0.15) is 0 Å². The number of fused-ring (bicyclic) bond motifs is 1. The maximum atomic E-state index is 6.32. The zero-order valence-corrected chi connectivity index (χ0v) is 12.7. The van der Waals surface area contributed by atoms with E-state index in [1.807, 2.05) is 35.9 Å². The van der Waals surface area contributed by atoms with E-state index in [-0.39, 0.29) is 0 Å². The van der Waals surface area contributed by atoms with Gasteiger partial charge < -0.3 is 20.4 Å². The first-order chi connectivity index (χ1) is 10.5. The van der Waals surface area contributed by atoms with E-state index < -0.39 is 5.79 Å². The molecule has 1 aliphatic rings. The normalized spacial score (nSPS) is 20.0. The lowest BCUT2D eigenvalue weighted by Gasteiger charge is -2.29. The fraction of sp³-hybridized carbons (Fsp3) is 0.333. The molecule has 22 heavy (non-hydrogen) atoms. The van der Waals surface area contributed by atoms with Crippen molar-refractivity contribution in [2.75, 3.05) is 7.11 Å². The molecule has 0 saturated heterocycles. The minimum atomic E-state index is -0.939. The molecule has 1 aromatic heterocycles. The van der Waals surface area contributed by atoms with Gasteiger partial charge in [-0.1, -0.05) is 12.1 Å². The van der Waals surface area contributed by atoms with Crippen LogP contribution in [0.25, 0.3) is 5.82 Å². The zero-order valence-electron chi connectivity index (χ0n) is 12.7. The van der Waals surface area contributed by atoms with Crippen molar-refractivity contribution in [3.63, 3.8) is 0 Å². The summed E-state index contributed by atoms with van der Waals surface area (Å²) in [5.74, 6) is 0.398. The zero-order chi connectivity index (χ0) is 15.7. The Morgan fingerprint density at radius 3 is 2.73 bits per heavy atom. The van der Waals surface area contributed by atoms with Gasteiger partial charge in [-0.05, 0) is 24.1 Å². The Morgan fingerprint density at radius 2 is 2.05 bits per heavy atom. The Balaban J connectivity index is 1.79. The lowest BCUT2D eigenvalue weighted by atomic mass is 10.1. The van der Waals surface area contributed by atoms with Crippen molar-refractivity contribution in [3.05, 3.63) is 47.0 Å². The quantitative estimate of drug-likeness (QED) is 0.666. The van der Waals surface area contributed by atoms with Crippen molar-refractivity contribution in [2.45, 2.75) is 18.6 Å². The van der Waals surface area contributed by atoms with E-state index in [1.54, 1.807) is 13.4 Å². The summed E-state index contributed by atoms with van der Waals surface area (Å²) in [4.78, 5) is 8.75. The third-order valence-electron chi connectivity index (χ3n) is 3.78. The van der Waals surface area contributed by atoms with Crippen LogP contribution in [0.5, 0.6) is 5.75 Å². The number of hydrogen-bond acceptors (Lipinski definition) is 6. The molecule has 2 heterocycles. The van der Waals surface area contributed by atoms with Crippen molar-refractivity contribution in [2.24, 2.45) is 23.5 Å². The van der Waals surface area contributed by atoms with E-state index in [1.165, 1.54) is 0 Å². The molecular weight excluding hydrogens is 280 g/mol. The van der Waals surface area contributed by atoms with E-state index in [0.717, 1.165) is 23.1 Å². The lowest BCUT2D eigenvalue weighted by molar-refractivity contribution is 0.352. The van der Waals surface area contributed by atoms with Gasteiger partial charge in [0.1, 0.15) is 16.9 Å². The highest BCUT2D eigenvalue weighted by atomic mass is 16.5. The Morgan fingerprint density at radius 1 is 1.32 bits per heavy atom. The number of nitrogens with one attached hydrogen (secondary N) is 1. The summed E-state index contributed by atoms with van der Waals surface area (Å²) in [6, 6.07) is 7.90. The summed E-state index contributed by atoms with van der Waals surface area (Å²) < 4.78 is 6.98. The first kappa shape index (κ1) is 14.4. The summed E-state index contributed by atoms with van der Waals surface area (Å²) in [7, 11) is 3.52. The molecule has 1 aromatic carbocycles. The highest BCUT2D eigenvalue weighted by molar-refractivity contribution is 5.38. The second-order valence-corrected chi connectivity index (χ2v) is 5.45. The minimum absolute atomic E-state index is 0.502. The molecule has 0 spiro atoms. The van der Waals surface area contributed by atoms with Crippen LogP contribution in [0.2, 0.25) is 0 Å². The summed E-state index contributed by atoms with van der Waals surface area (Å²) in [5, 5.41) is 3.86. The molecule has 0 aliphatic carbocycles. The van der Waals surface area contributed by atoms with Gasteiger partial charge in [0, 0.05) is 13.5 Å². The molecule has 7 heteroatoms. The number of rotatable bonds is 4. The average molecular weight is 300 g/mol. The van der Waals surface area contributed by atoms with E-state index in [4.69, 9.17) is 16.2 Å². The van der Waals surface area contributed by atoms with Gasteiger partial charge in [-0.15, -0.1) is 0 Å². The molecule has 5 N–H and O–H groups in total. The van der Waals surface area contributed by atoms with Gasteiger partial charge >= 0.3 is 0 Å². The summed E-state index contributed by atoms with van der Waals surface area (Å²) in [6.45, 7) is 0. The number of nitrogens with zero attached hydrogens (tertiary/aromatic N) is 3. The third kappa shape index (κ3) is 2.62. The molecule has 0 radical (unpaired) electrons. The Hall–Kier alpha value is -2.54. The standard InChI is InChI=1S/C15H20N6O/c1-21-9-18-14-12(21)13(16)19-15(17,20-14)8-7-10-3-5-11(22-2)6-4-10/h3-6,9,19H,7-8,16-17H2,1-2H3. The fourth-order valence-corrected chi connectivity index (χ4v) is 2.57. The molecule has 0 fully saturated rings. The molecule has 1 unspecified atom stereocenters. The van der Waals surface area contributed by atoms with Crippen LogP contribution in [0.3, 0.4) is 0 Å². The van der Waals surface area contributed by atoms with Crippen LogP contribution < -0.4 is 32.4 Å². The molecule has 3 rings (SSSR count). The SMILES string of the molecule is COc1ccc(CCC2(N)N=c3ncn(C)c3=C(N)N2)cc1. The number of nitrogens with two attached hydrogens (primary N) is 2. The number of aromatic nitrogens is 2. The van der Waals surface area contributed by atoms with Crippen molar-refractivity contribution in [3.8, 4) is 5.75 Å². The van der Waals surface area contributed by atoms with Gasteiger partial charge in [0.25, 0.3) is 0 Å². The van der Waals surface area contributed by atoms with Crippen molar-refractivity contribution >= 4 is 5.82 Å². The number of methoxy groups -OCH3 is 1. The number of aryl methyl sites for hydroxylation is 2. The minimum Gasteiger partial charge on any atom is -0.497 e. The number of imidazole rings is 1. The van der Waals surface area contributed by atoms with Crippen molar-refractivity contribution in [1.29, 1.82) is 0 Å². The van der Waals surface area contributed by atoms with Gasteiger partial charge in [-0.25, -0.2) is 9.98 Å². The molecule has 1 aliphatic heterocycles. The largest absolute Gasteiger partial charge is 0.497 e. The van der Waals surface area contributed by atoms with Crippen LogP contribution in [0.4, 0.5) is 0 Å². The van der Waals surface area contributed by atoms with Gasteiger partial charge in [0.05, 0.1) is 13.4 Å². The average Bonchev–Trinajstić information content (AvgIpc) is 2.87. The van der Waals surface area contributed by atoms with Crippen molar-refractivity contribution < 1.29 is 4.74 Å². The van der Waals surface area contributed by atoms with E-state index in [2.05, 4.69) is 15.3 Å². The molecule has 0 amide bonds. The molecule has 0 saturated carbocycles. The highest BCUT2D eigenvalue weighted by Gasteiger charge is 2.27. The van der Waals surface area contributed by atoms with Gasteiger partial charge in [-0.3, -0.25) is 5.73 Å². The first-order valence-electron chi connectivity index (χ1n) is 7.08. The maximum absolute atomic E-state index is 6.32. The lowest BCUT2D eigenvalue weighted by Crippen LogP contribution is -2.60. The Labute approximate surface area is 128 Å². The number of benzene rings is 1. The molecule has 2 aromatic rings.